The maximum absolute atomic E-state index is 7.97. The summed E-state index contributed by atoms with van der Waals surface area (Å²) >= 11 is 0. The van der Waals surface area contributed by atoms with Gasteiger partial charge in [0.25, 0.3) is 0 Å². The minimum absolute atomic E-state index is 0.215. The zero-order chi connectivity index (χ0) is 6.41. The Kier molecular flexibility index (Phi) is 2.66. The molecule has 0 unspecified atom stereocenters. The van der Waals surface area contributed by atoms with Crippen LogP contribution in [0.1, 0.15) is 0 Å². The van der Waals surface area contributed by atoms with Gasteiger partial charge in [0, 0.05) is 5.87 Å². The molecule has 0 aromatic carbocycles. The van der Waals surface area contributed by atoms with Crippen molar-refractivity contribution in [3.63, 3.8) is 0 Å². The normalized spacial score (nSPS) is 5.25. The van der Waals surface area contributed by atoms with Crippen molar-refractivity contribution >= 4 is 5.87 Å². The predicted octanol–water partition coefficient (Wildman–Crippen LogP) is -0.497. The molecule has 0 aromatic heterocycles. The lowest BCUT2D eigenvalue weighted by Crippen LogP contribution is -1.78. The molecule has 4 heteroatoms. The molecular formula is C4H2N4. The Morgan fingerprint density at radius 1 is 1.38 bits per heavy atom. The summed E-state index contributed by atoms with van der Waals surface area (Å²) in [6.45, 7) is 0. The highest BCUT2D eigenvalue weighted by molar-refractivity contribution is 5.68. The third-order valence-electron chi connectivity index (χ3n) is 0.400. The first-order valence-corrected chi connectivity index (χ1v) is 1.68. The Labute approximate surface area is 46.1 Å². The van der Waals surface area contributed by atoms with Crippen LogP contribution in [0.3, 0.4) is 0 Å². The molecule has 0 aliphatic heterocycles. The number of hydrogen-bond donors (Lipinski definition) is 1. The van der Waals surface area contributed by atoms with Crippen molar-refractivity contribution in [1.82, 2.24) is 0 Å². The fourth-order valence-electron chi connectivity index (χ4n) is 0.140. The van der Waals surface area contributed by atoms with E-state index in [2.05, 4.69) is 10.9 Å². The first-order valence-electron chi connectivity index (χ1n) is 1.68. The molecule has 0 fully saturated rings. The summed E-state index contributed by atoms with van der Waals surface area (Å²) in [5, 5.41) is 18.8. The van der Waals surface area contributed by atoms with Gasteiger partial charge in [-0.05, 0) is 0 Å². The molecule has 0 aromatic rings. The molecule has 0 spiro atoms. The second-order valence-electron chi connectivity index (χ2n) is 0.840. The zero-order valence-corrected chi connectivity index (χ0v) is 3.92. The third kappa shape index (κ3) is 1.61. The Bertz CT molecular complexity index is 191. The Morgan fingerprint density at radius 2 is 1.88 bits per heavy atom. The topological polar surface area (TPSA) is 86.0 Å². The van der Waals surface area contributed by atoms with Gasteiger partial charge in [-0.25, -0.2) is 0 Å². The summed E-state index contributed by atoms with van der Waals surface area (Å²) in [6, 6.07) is 3.05. The van der Waals surface area contributed by atoms with Gasteiger partial charge in [-0.3, -0.25) is 0 Å². The van der Waals surface area contributed by atoms with Crippen molar-refractivity contribution in [2.75, 3.05) is 0 Å². The highest BCUT2D eigenvalue weighted by Gasteiger charge is 1.83. The third-order valence-corrected chi connectivity index (χ3v) is 0.400. The van der Waals surface area contributed by atoms with E-state index in [1.807, 2.05) is 5.87 Å². The first-order chi connectivity index (χ1) is 3.85. The van der Waals surface area contributed by atoms with E-state index in [4.69, 9.17) is 10.5 Å². The standard InChI is InChI=1S/C4H2N4/c5-1-4(2-6)3-8-7/h7H2. The van der Waals surface area contributed by atoms with Crippen LogP contribution in [0.4, 0.5) is 0 Å². The van der Waals surface area contributed by atoms with E-state index in [1.54, 1.807) is 0 Å². The SMILES string of the molecule is N#CC(=C=NN)C#N. The number of nitriles is 2. The van der Waals surface area contributed by atoms with Crippen molar-refractivity contribution in [1.29, 1.82) is 10.5 Å². The van der Waals surface area contributed by atoms with E-state index >= 15 is 0 Å². The number of allylic oxidation sites excluding steroid dienone is 1. The Morgan fingerprint density at radius 3 is 2.00 bits per heavy atom. The summed E-state index contributed by atoms with van der Waals surface area (Å²) in [5.74, 6) is 6.55. The molecular weight excluding hydrogens is 104 g/mol. The van der Waals surface area contributed by atoms with Crippen LogP contribution in [0.2, 0.25) is 0 Å². The fourth-order valence-corrected chi connectivity index (χ4v) is 0.140. The quantitative estimate of drug-likeness (QED) is 0.195. The molecule has 0 heterocycles. The van der Waals surface area contributed by atoms with Crippen LogP contribution in [-0.2, 0) is 0 Å². The second-order valence-corrected chi connectivity index (χ2v) is 0.840. The van der Waals surface area contributed by atoms with Crippen LogP contribution in [-0.4, -0.2) is 5.87 Å². The summed E-state index contributed by atoms with van der Waals surface area (Å²) in [4.78, 5) is 0. The Balaban J connectivity index is 4.48. The van der Waals surface area contributed by atoms with Gasteiger partial charge in [-0.2, -0.15) is 10.5 Å². The van der Waals surface area contributed by atoms with Crippen molar-refractivity contribution in [2.24, 2.45) is 10.9 Å². The molecule has 0 amide bonds. The maximum atomic E-state index is 7.97. The van der Waals surface area contributed by atoms with E-state index in [0.29, 0.717) is 0 Å². The maximum Gasteiger partial charge on any atom is 0.192 e. The van der Waals surface area contributed by atoms with Crippen LogP contribution < -0.4 is 5.84 Å². The number of nitrogens with two attached hydrogens (primary N) is 1. The highest BCUT2D eigenvalue weighted by Crippen LogP contribution is 1.75. The summed E-state index contributed by atoms with van der Waals surface area (Å²) < 4.78 is 0. The van der Waals surface area contributed by atoms with E-state index in [0.717, 1.165) is 0 Å². The van der Waals surface area contributed by atoms with Crippen molar-refractivity contribution < 1.29 is 0 Å². The van der Waals surface area contributed by atoms with E-state index in [9.17, 15) is 0 Å². The molecule has 0 saturated carbocycles. The molecule has 0 radical (unpaired) electrons. The molecule has 8 heavy (non-hydrogen) atoms. The number of rotatable bonds is 0. The van der Waals surface area contributed by atoms with Gasteiger partial charge < -0.3 is 5.84 Å². The molecule has 0 rings (SSSR count). The van der Waals surface area contributed by atoms with E-state index in [1.165, 1.54) is 12.1 Å². The van der Waals surface area contributed by atoms with E-state index < -0.39 is 0 Å². The van der Waals surface area contributed by atoms with Crippen LogP contribution in [0.15, 0.2) is 10.7 Å². The summed E-state index contributed by atoms with van der Waals surface area (Å²) in [5.41, 5.74) is -0.215. The molecule has 0 bridgehead atoms. The molecule has 4 nitrogen and oxygen atoms in total. The smallest absolute Gasteiger partial charge is 0.192 e. The average molecular weight is 106 g/mol. The molecule has 38 valence electrons. The first kappa shape index (κ1) is 6.23. The average Bonchev–Trinajstić information content (AvgIpc) is 1.83. The Hall–Kier alpha value is -1.77. The lowest BCUT2D eigenvalue weighted by molar-refractivity contribution is 1.27. The minimum Gasteiger partial charge on any atom is -0.315 e. The van der Waals surface area contributed by atoms with Crippen molar-refractivity contribution in [3.05, 3.63) is 5.57 Å². The number of hydrazone groups is 1. The monoisotopic (exact) mass is 106 g/mol. The van der Waals surface area contributed by atoms with Gasteiger partial charge in [0.15, 0.2) is 5.57 Å². The van der Waals surface area contributed by atoms with Crippen LogP contribution in [0.5, 0.6) is 0 Å². The van der Waals surface area contributed by atoms with Gasteiger partial charge in [0.2, 0.25) is 0 Å². The number of nitrogens with zero attached hydrogens (tertiary/aromatic N) is 3. The fraction of sp³-hybridized carbons (Fsp3) is 0. The molecule has 0 saturated heterocycles. The molecule has 2 N–H and O–H groups in total. The van der Waals surface area contributed by atoms with Gasteiger partial charge in [-0.1, -0.05) is 0 Å². The van der Waals surface area contributed by atoms with Gasteiger partial charge >= 0.3 is 0 Å². The lowest BCUT2D eigenvalue weighted by atomic mass is 10.4. The van der Waals surface area contributed by atoms with Gasteiger partial charge in [0.05, 0.1) is 0 Å². The van der Waals surface area contributed by atoms with Crippen molar-refractivity contribution in [2.45, 2.75) is 0 Å². The molecule has 0 atom stereocenters. The van der Waals surface area contributed by atoms with Gasteiger partial charge in [0.1, 0.15) is 12.1 Å². The minimum atomic E-state index is -0.215. The second kappa shape index (κ2) is 3.42. The number of hydrogen-bond acceptors (Lipinski definition) is 4. The molecule has 0 aliphatic rings. The van der Waals surface area contributed by atoms with E-state index in [-0.39, 0.29) is 5.57 Å². The van der Waals surface area contributed by atoms with Crippen LogP contribution in [0, 0.1) is 22.7 Å². The lowest BCUT2D eigenvalue weighted by Gasteiger charge is -1.63. The van der Waals surface area contributed by atoms with Crippen LogP contribution >= 0.6 is 0 Å². The van der Waals surface area contributed by atoms with Gasteiger partial charge in [-0.15, -0.1) is 5.10 Å². The predicted molar refractivity (Wildman–Crippen MR) is 26.4 cm³/mol. The zero-order valence-electron chi connectivity index (χ0n) is 3.92. The largest absolute Gasteiger partial charge is 0.315 e. The summed E-state index contributed by atoms with van der Waals surface area (Å²) in [7, 11) is 0. The van der Waals surface area contributed by atoms with Crippen LogP contribution in [0.25, 0.3) is 0 Å². The highest BCUT2D eigenvalue weighted by atomic mass is 15.1. The molecule has 0 aliphatic carbocycles. The summed E-state index contributed by atoms with van der Waals surface area (Å²) in [6.07, 6.45) is 0. The van der Waals surface area contributed by atoms with Crippen molar-refractivity contribution in [3.8, 4) is 12.1 Å².